The Hall–Kier alpha value is -0.980. The maximum absolute atomic E-state index is 11.5. The quantitative estimate of drug-likeness (QED) is 0.868. The molecule has 0 saturated carbocycles. The number of rotatable bonds is 3. The van der Waals surface area contributed by atoms with E-state index in [0.29, 0.717) is 5.75 Å². The fourth-order valence-electron chi connectivity index (χ4n) is 2.45. The minimum atomic E-state index is -2.82. The van der Waals surface area contributed by atoms with Crippen LogP contribution in [0, 0.1) is 0 Å². The highest BCUT2D eigenvalue weighted by molar-refractivity contribution is 7.91. The van der Waals surface area contributed by atoms with Gasteiger partial charge in [0.2, 0.25) is 0 Å². The monoisotopic (exact) mass is 296 g/mol. The third-order valence-corrected chi connectivity index (χ3v) is 6.33. The molecule has 0 aliphatic carbocycles. The fourth-order valence-corrected chi connectivity index (χ4v) is 5.29. The van der Waals surface area contributed by atoms with E-state index in [1.807, 2.05) is 25.2 Å². The number of nitrogens with zero attached hydrogens (tertiary/aromatic N) is 2. The lowest BCUT2D eigenvalue weighted by atomic mass is 10.2. The summed E-state index contributed by atoms with van der Waals surface area (Å²) in [5.41, 5.74) is 1.02. The van der Waals surface area contributed by atoms with Crippen molar-refractivity contribution in [2.24, 2.45) is 0 Å². The zero-order valence-electron chi connectivity index (χ0n) is 10.7. The van der Waals surface area contributed by atoms with Gasteiger partial charge < -0.3 is 0 Å². The fraction of sp³-hybridized carbons (Fsp3) is 0.462. The molecular weight excluding hydrogens is 280 g/mol. The summed E-state index contributed by atoms with van der Waals surface area (Å²) < 4.78 is 24.2. The lowest BCUT2D eigenvalue weighted by Crippen LogP contribution is -2.32. The molecule has 102 valence electrons. The van der Waals surface area contributed by atoms with Crippen molar-refractivity contribution in [1.82, 2.24) is 9.88 Å². The van der Waals surface area contributed by atoms with Crippen molar-refractivity contribution < 1.29 is 8.42 Å². The van der Waals surface area contributed by atoms with Gasteiger partial charge in [-0.3, -0.25) is 4.90 Å². The van der Waals surface area contributed by atoms with Gasteiger partial charge in [-0.25, -0.2) is 13.4 Å². The molecule has 1 aliphatic heterocycles. The molecule has 3 rings (SSSR count). The lowest BCUT2D eigenvalue weighted by molar-refractivity contribution is 0.254. The second-order valence-corrected chi connectivity index (χ2v) is 8.39. The molecule has 0 amide bonds. The van der Waals surface area contributed by atoms with Crippen molar-refractivity contribution in [1.29, 1.82) is 0 Å². The number of fused-ring (bicyclic) bond motifs is 1. The van der Waals surface area contributed by atoms with Crippen LogP contribution in [-0.4, -0.2) is 42.9 Å². The first-order chi connectivity index (χ1) is 9.03. The van der Waals surface area contributed by atoms with Crippen LogP contribution in [-0.2, 0) is 16.4 Å². The van der Waals surface area contributed by atoms with Crippen molar-refractivity contribution in [2.75, 3.05) is 18.6 Å². The Morgan fingerprint density at radius 3 is 2.89 bits per heavy atom. The molecule has 0 unspecified atom stereocenters. The van der Waals surface area contributed by atoms with Crippen LogP contribution >= 0.6 is 11.3 Å². The van der Waals surface area contributed by atoms with Gasteiger partial charge in [-0.15, -0.1) is 11.3 Å². The van der Waals surface area contributed by atoms with E-state index >= 15 is 0 Å². The number of para-hydroxylation sites is 1. The molecule has 1 aliphatic rings. The van der Waals surface area contributed by atoms with Crippen molar-refractivity contribution in [3.63, 3.8) is 0 Å². The van der Waals surface area contributed by atoms with E-state index < -0.39 is 9.84 Å². The summed E-state index contributed by atoms with van der Waals surface area (Å²) in [6.45, 7) is 0.722. The molecule has 0 spiro atoms. The number of hydrogen-bond acceptors (Lipinski definition) is 5. The summed E-state index contributed by atoms with van der Waals surface area (Å²) in [7, 11) is -0.832. The molecule has 1 fully saturated rings. The molecule has 1 aromatic heterocycles. The largest absolute Gasteiger partial charge is 0.296 e. The third kappa shape index (κ3) is 2.80. The van der Waals surface area contributed by atoms with Gasteiger partial charge in [0.1, 0.15) is 5.01 Å². The second-order valence-electron chi connectivity index (χ2n) is 5.05. The smallest absolute Gasteiger partial charge is 0.151 e. The highest BCUT2D eigenvalue weighted by Gasteiger charge is 2.30. The van der Waals surface area contributed by atoms with Gasteiger partial charge in [-0.1, -0.05) is 12.1 Å². The van der Waals surface area contributed by atoms with Gasteiger partial charge in [0.25, 0.3) is 0 Å². The van der Waals surface area contributed by atoms with Gasteiger partial charge >= 0.3 is 0 Å². The highest BCUT2D eigenvalue weighted by Crippen LogP contribution is 2.24. The molecule has 6 heteroatoms. The zero-order chi connectivity index (χ0) is 13.5. The van der Waals surface area contributed by atoms with E-state index in [9.17, 15) is 8.42 Å². The predicted molar refractivity (Wildman–Crippen MR) is 78.1 cm³/mol. The number of aromatic nitrogens is 1. The Balaban J connectivity index is 1.74. The number of thiazole rings is 1. The minimum Gasteiger partial charge on any atom is -0.296 e. The summed E-state index contributed by atoms with van der Waals surface area (Å²) in [5, 5.41) is 1.05. The van der Waals surface area contributed by atoms with Gasteiger partial charge in [0, 0.05) is 6.04 Å². The summed E-state index contributed by atoms with van der Waals surface area (Å²) >= 11 is 1.68. The normalized spacial score (nSPS) is 22.3. The minimum absolute atomic E-state index is 0.136. The number of benzene rings is 1. The molecule has 1 atom stereocenters. The van der Waals surface area contributed by atoms with Gasteiger partial charge in [-0.05, 0) is 25.6 Å². The Morgan fingerprint density at radius 2 is 2.21 bits per heavy atom. The number of hydrogen-bond donors (Lipinski definition) is 0. The van der Waals surface area contributed by atoms with E-state index in [1.165, 1.54) is 4.70 Å². The first-order valence-electron chi connectivity index (χ1n) is 6.29. The van der Waals surface area contributed by atoms with E-state index in [-0.39, 0.29) is 11.8 Å². The van der Waals surface area contributed by atoms with Crippen LogP contribution < -0.4 is 0 Å². The number of sulfone groups is 1. The maximum Gasteiger partial charge on any atom is 0.151 e. The topological polar surface area (TPSA) is 50.3 Å². The molecular formula is C13H16N2O2S2. The van der Waals surface area contributed by atoms with Crippen LogP contribution in [0.1, 0.15) is 11.4 Å². The average Bonchev–Trinajstić information content (AvgIpc) is 2.91. The van der Waals surface area contributed by atoms with Crippen molar-refractivity contribution in [3.05, 3.63) is 29.3 Å². The van der Waals surface area contributed by atoms with Crippen LogP contribution in [0.25, 0.3) is 10.2 Å². The van der Waals surface area contributed by atoms with Crippen LogP contribution in [0.2, 0.25) is 0 Å². The maximum atomic E-state index is 11.5. The lowest BCUT2D eigenvalue weighted by Gasteiger charge is -2.21. The van der Waals surface area contributed by atoms with Crippen molar-refractivity contribution in [3.8, 4) is 0 Å². The summed E-state index contributed by atoms with van der Waals surface area (Å²) in [6, 6.07) is 8.21. The first-order valence-corrected chi connectivity index (χ1v) is 8.92. The van der Waals surface area contributed by atoms with E-state index in [2.05, 4.69) is 16.0 Å². The molecule has 19 heavy (non-hydrogen) atoms. The molecule has 1 aromatic carbocycles. The van der Waals surface area contributed by atoms with E-state index in [1.54, 1.807) is 11.3 Å². The van der Waals surface area contributed by atoms with Gasteiger partial charge in [-0.2, -0.15) is 0 Å². The van der Waals surface area contributed by atoms with Crippen LogP contribution in [0.4, 0.5) is 0 Å². The summed E-state index contributed by atoms with van der Waals surface area (Å²) in [6.07, 6.45) is 0.740. The zero-order valence-corrected chi connectivity index (χ0v) is 12.4. The van der Waals surface area contributed by atoms with Crippen LogP contribution in [0.3, 0.4) is 0 Å². The van der Waals surface area contributed by atoms with Crippen LogP contribution in [0.15, 0.2) is 24.3 Å². The van der Waals surface area contributed by atoms with Gasteiger partial charge in [0.15, 0.2) is 9.84 Å². The van der Waals surface area contributed by atoms with E-state index in [4.69, 9.17) is 0 Å². The molecule has 0 radical (unpaired) electrons. The summed E-state index contributed by atoms with van der Waals surface area (Å²) in [4.78, 5) is 6.70. The average molecular weight is 296 g/mol. The molecule has 4 nitrogen and oxygen atoms in total. The van der Waals surface area contributed by atoms with E-state index in [0.717, 1.165) is 23.5 Å². The molecule has 0 N–H and O–H groups in total. The Labute approximate surface area is 117 Å². The SMILES string of the molecule is CN(Cc1nc2ccccc2s1)[C@H]1CCS(=O)(=O)C1. The Bertz CT molecular complexity index is 660. The highest BCUT2D eigenvalue weighted by atomic mass is 32.2. The molecule has 1 saturated heterocycles. The van der Waals surface area contributed by atoms with Crippen molar-refractivity contribution in [2.45, 2.75) is 19.0 Å². The van der Waals surface area contributed by atoms with Gasteiger partial charge in [0.05, 0.1) is 28.3 Å². The second kappa shape index (κ2) is 4.85. The Kier molecular flexibility index (Phi) is 3.32. The molecule has 2 aromatic rings. The first kappa shape index (κ1) is 13.0. The van der Waals surface area contributed by atoms with Crippen molar-refractivity contribution >= 4 is 31.4 Å². The Morgan fingerprint density at radius 1 is 1.42 bits per heavy atom. The summed E-state index contributed by atoms with van der Waals surface area (Å²) in [5.74, 6) is 0.607. The standard InChI is InChI=1S/C13H16N2O2S2/c1-15(10-6-7-19(16,17)9-10)8-13-14-11-4-2-3-5-12(11)18-13/h2-5,10H,6-9H2,1H3/t10-/m0/s1. The van der Waals surface area contributed by atoms with Crippen LogP contribution in [0.5, 0.6) is 0 Å². The third-order valence-electron chi connectivity index (χ3n) is 3.55. The molecule has 0 bridgehead atoms. The molecule has 2 heterocycles. The predicted octanol–water partition coefficient (Wildman–Crippen LogP) is 1.92.